The Morgan fingerprint density at radius 2 is 1.82 bits per heavy atom. The molecule has 0 saturated carbocycles. The van der Waals surface area contributed by atoms with E-state index in [-0.39, 0.29) is 17.7 Å². The van der Waals surface area contributed by atoms with Gasteiger partial charge in [0, 0.05) is 36.6 Å². The van der Waals surface area contributed by atoms with Gasteiger partial charge in [-0.25, -0.2) is 4.79 Å². The van der Waals surface area contributed by atoms with Gasteiger partial charge in [-0.15, -0.1) is 0 Å². The van der Waals surface area contributed by atoms with Gasteiger partial charge in [-0.1, -0.05) is 48.1 Å². The molecular formula is C25H22ClN3O3S. The van der Waals surface area contributed by atoms with Gasteiger partial charge in [0.25, 0.3) is 5.56 Å². The maximum Gasteiger partial charge on any atom is 0.342 e. The summed E-state index contributed by atoms with van der Waals surface area (Å²) in [5, 5.41) is 0.915. The van der Waals surface area contributed by atoms with Crippen molar-refractivity contribution in [1.29, 1.82) is 0 Å². The summed E-state index contributed by atoms with van der Waals surface area (Å²) < 4.78 is 7.22. The van der Waals surface area contributed by atoms with E-state index < -0.39 is 5.97 Å². The fraction of sp³-hybridized carbons (Fsp3) is 0.160. The fourth-order valence-corrected chi connectivity index (χ4v) is 4.03. The fourth-order valence-electron chi connectivity index (χ4n) is 3.61. The summed E-state index contributed by atoms with van der Waals surface area (Å²) in [6.07, 6.45) is 3.49. The molecule has 0 spiro atoms. The number of halogens is 1. The summed E-state index contributed by atoms with van der Waals surface area (Å²) in [6, 6.07) is 14.9. The maximum atomic E-state index is 13.0. The van der Waals surface area contributed by atoms with Crippen LogP contribution in [0.2, 0.25) is 5.02 Å². The lowest BCUT2D eigenvalue weighted by Gasteiger charge is -2.11. The molecule has 0 aliphatic rings. The van der Waals surface area contributed by atoms with E-state index in [0.29, 0.717) is 26.1 Å². The SMILES string of the molecule is CCOC(=O)c1c(-c2ccc(Cl)cc2)cn2c(=S)c(=Cc3ccc(N(C)C)cc3)c(=O)[nH]c12. The van der Waals surface area contributed by atoms with Crippen LogP contribution in [0.1, 0.15) is 22.8 Å². The molecule has 4 aromatic rings. The third-order valence-electron chi connectivity index (χ3n) is 5.29. The number of hydrogen-bond donors (Lipinski definition) is 1. The minimum absolute atomic E-state index is 0.204. The van der Waals surface area contributed by atoms with Crippen LogP contribution in [0.15, 0.2) is 59.5 Å². The summed E-state index contributed by atoms with van der Waals surface area (Å²) in [7, 11) is 3.92. The second-order valence-electron chi connectivity index (χ2n) is 7.67. The summed E-state index contributed by atoms with van der Waals surface area (Å²) in [5.74, 6) is -0.536. The highest BCUT2D eigenvalue weighted by molar-refractivity contribution is 7.71. The number of nitrogens with zero attached hydrogens (tertiary/aromatic N) is 2. The van der Waals surface area contributed by atoms with Crippen molar-refractivity contribution in [3.05, 3.63) is 91.1 Å². The number of rotatable bonds is 5. The number of esters is 1. The number of aromatic nitrogens is 2. The maximum absolute atomic E-state index is 13.0. The van der Waals surface area contributed by atoms with Crippen molar-refractivity contribution in [3.63, 3.8) is 0 Å². The second kappa shape index (κ2) is 9.21. The van der Waals surface area contributed by atoms with Crippen molar-refractivity contribution in [2.24, 2.45) is 0 Å². The molecule has 33 heavy (non-hydrogen) atoms. The van der Waals surface area contributed by atoms with Crippen LogP contribution >= 0.6 is 23.8 Å². The van der Waals surface area contributed by atoms with E-state index in [1.807, 2.05) is 43.3 Å². The Kier molecular flexibility index (Phi) is 6.35. The Labute approximate surface area is 200 Å². The van der Waals surface area contributed by atoms with Gasteiger partial charge in [0.2, 0.25) is 0 Å². The van der Waals surface area contributed by atoms with Gasteiger partial charge in [0.15, 0.2) is 0 Å². The normalized spacial score (nSPS) is 11.7. The Morgan fingerprint density at radius 3 is 2.42 bits per heavy atom. The Bertz CT molecular complexity index is 1500. The van der Waals surface area contributed by atoms with Crippen molar-refractivity contribution in [2.75, 3.05) is 25.6 Å². The number of benzene rings is 2. The van der Waals surface area contributed by atoms with E-state index in [4.69, 9.17) is 28.6 Å². The molecule has 0 saturated heterocycles. The first kappa shape index (κ1) is 22.8. The predicted octanol–water partition coefficient (Wildman–Crippen LogP) is 4.47. The molecule has 6 nitrogen and oxygen atoms in total. The number of fused-ring (bicyclic) bond motifs is 1. The quantitative estimate of drug-likeness (QED) is 0.338. The predicted molar refractivity (Wildman–Crippen MR) is 135 cm³/mol. The molecule has 168 valence electrons. The van der Waals surface area contributed by atoms with Gasteiger partial charge >= 0.3 is 5.97 Å². The van der Waals surface area contributed by atoms with Crippen molar-refractivity contribution in [3.8, 4) is 11.1 Å². The van der Waals surface area contributed by atoms with Crippen molar-refractivity contribution >= 4 is 47.2 Å². The first-order valence-electron chi connectivity index (χ1n) is 10.3. The van der Waals surface area contributed by atoms with Crippen molar-refractivity contribution < 1.29 is 9.53 Å². The summed E-state index contributed by atoms with van der Waals surface area (Å²) in [5.41, 5.74) is 3.42. The lowest BCUT2D eigenvalue weighted by Crippen LogP contribution is -2.30. The molecule has 2 aromatic heterocycles. The van der Waals surface area contributed by atoms with Gasteiger partial charge < -0.3 is 14.6 Å². The Balaban J connectivity index is 1.97. The molecule has 0 fully saturated rings. The highest BCUT2D eigenvalue weighted by Crippen LogP contribution is 2.29. The first-order chi connectivity index (χ1) is 15.8. The highest BCUT2D eigenvalue weighted by atomic mass is 35.5. The van der Waals surface area contributed by atoms with E-state index in [2.05, 4.69) is 4.98 Å². The number of carbonyl (C=O) groups is 1. The molecule has 0 atom stereocenters. The molecule has 0 aliphatic heterocycles. The molecular weight excluding hydrogens is 458 g/mol. The lowest BCUT2D eigenvalue weighted by atomic mass is 10.0. The van der Waals surface area contributed by atoms with E-state index in [0.717, 1.165) is 16.8 Å². The number of aromatic amines is 1. The highest BCUT2D eigenvalue weighted by Gasteiger charge is 2.22. The first-order valence-corrected chi connectivity index (χ1v) is 11.1. The van der Waals surface area contributed by atoms with Crippen LogP contribution < -0.4 is 15.7 Å². The second-order valence-corrected chi connectivity index (χ2v) is 8.49. The van der Waals surface area contributed by atoms with Crippen LogP contribution in [-0.2, 0) is 4.74 Å². The molecule has 0 radical (unpaired) electrons. The monoisotopic (exact) mass is 479 g/mol. The summed E-state index contributed by atoms with van der Waals surface area (Å²) in [4.78, 5) is 30.7. The molecule has 8 heteroatoms. The molecule has 0 bridgehead atoms. The number of anilines is 1. The Morgan fingerprint density at radius 1 is 1.15 bits per heavy atom. The van der Waals surface area contributed by atoms with Crippen LogP contribution in [-0.4, -0.2) is 36.1 Å². The van der Waals surface area contributed by atoms with Gasteiger partial charge in [-0.05, 0) is 48.4 Å². The third kappa shape index (κ3) is 4.42. The minimum atomic E-state index is -0.536. The molecule has 0 amide bonds. The topological polar surface area (TPSA) is 66.8 Å². The largest absolute Gasteiger partial charge is 0.462 e. The number of H-pyrrole nitrogens is 1. The molecule has 1 N–H and O–H groups in total. The van der Waals surface area contributed by atoms with E-state index in [1.165, 1.54) is 0 Å². The minimum Gasteiger partial charge on any atom is -0.462 e. The molecule has 0 unspecified atom stereocenters. The number of nitrogens with one attached hydrogen (secondary N) is 1. The zero-order valence-corrected chi connectivity index (χ0v) is 20.0. The standard InChI is InChI=1S/C25H22ClN3O3S/c1-4-32-25(31)21-20(16-7-9-17(26)10-8-16)14-29-22(21)27-23(30)19(24(29)33)13-15-5-11-18(12-6-15)28(2)3/h5-14H,4H2,1-3H3,(H,27,30). The van der Waals surface area contributed by atoms with Crippen molar-refractivity contribution in [1.82, 2.24) is 9.38 Å². The average Bonchev–Trinajstić information content (AvgIpc) is 3.17. The van der Waals surface area contributed by atoms with Crippen LogP contribution in [0.25, 0.3) is 22.9 Å². The third-order valence-corrected chi connectivity index (χ3v) is 5.95. The number of ether oxygens (including phenoxy) is 1. The van der Waals surface area contributed by atoms with E-state index in [1.54, 1.807) is 47.9 Å². The zero-order valence-electron chi connectivity index (χ0n) is 18.4. The van der Waals surface area contributed by atoms with Crippen LogP contribution in [0.4, 0.5) is 5.69 Å². The molecule has 0 aliphatic carbocycles. The average molecular weight is 480 g/mol. The molecule has 2 aromatic carbocycles. The van der Waals surface area contributed by atoms with Crippen molar-refractivity contribution in [2.45, 2.75) is 6.92 Å². The van der Waals surface area contributed by atoms with Gasteiger partial charge in [0.1, 0.15) is 15.9 Å². The summed E-state index contributed by atoms with van der Waals surface area (Å²) >= 11 is 11.7. The Hall–Kier alpha value is -3.42. The van der Waals surface area contributed by atoms with E-state index in [9.17, 15) is 9.59 Å². The van der Waals surface area contributed by atoms with Crippen LogP contribution in [0.3, 0.4) is 0 Å². The van der Waals surface area contributed by atoms with Gasteiger partial charge in [-0.3, -0.25) is 9.20 Å². The zero-order chi connectivity index (χ0) is 23.7. The summed E-state index contributed by atoms with van der Waals surface area (Å²) in [6.45, 7) is 1.93. The van der Waals surface area contributed by atoms with E-state index >= 15 is 0 Å². The smallest absolute Gasteiger partial charge is 0.342 e. The van der Waals surface area contributed by atoms with Gasteiger partial charge in [-0.2, -0.15) is 0 Å². The molecule has 2 heterocycles. The number of carbonyl (C=O) groups excluding carboxylic acids is 1. The number of hydrogen-bond acceptors (Lipinski definition) is 5. The lowest BCUT2D eigenvalue weighted by molar-refractivity contribution is 0.0529. The van der Waals surface area contributed by atoms with Gasteiger partial charge in [0.05, 0.1) is 11.8 Å². The molecule has 4 rings (SSSR count). The van der Waals surface area contributed by atoms with Crippen LogP contribution in [0, 0.1) is 4.64 Å². The van der Waals surface area contributed by atoms with Crippen LogP contribution in [0.5, 0.6) is 0 Å².